The van der Waals surface area contributed by atoms with Gasteiger partial charge in [0.05, 0.1) is 11.0 Å². The number of benzene rings is 2. The Morgan fingerprint density at radius 3 is 2.70 bits per heavy atom. The van der Waals surface area contributed by atoms with Crippen molar-refractivity contribution in [3.63, 3.8) is 0 Å². The molecule has 0 fully saturated rings. The quantitative estimate of drug-likeness (QED) is 0.773. The largest absolute Gasteiger partial charge is 0.350 e. The zero-order valence-electron chi connectivity index (χ0n) is 12.0. The minimum absolute atomic E-state index is 0.0233. The number of fused-ring (bicyclic) bond motifs is 1. The van der Waals surface area contributed by atoms with Gasteiger partial charge in [-0.1, -0.05) is 12.1 Å². The lowest BCUT2D eigenvalue weighted by atomic mass is 10.2. The number of para-hydroxylation sites is 2. The first kappa shape index (κ1) is 15.0. The standard InChI is InChI=1S/C16H13F2N3O2/c17-11-6-5-10(9-12(11)18)15(22)19-7-8-21-14-4-2-1-3-13(14)20-16(21)23/h1-6,9H,7-8H2,(H,19,22)(H,20,23). The number of nitrogens with zero attached hydrogens (tertiary/aromatic N) is 1. The summed E-state index contributed by atoms with van der Waals surface area (Å²) < 4.78 is 27.5. The van der Waals surface area contributed by atoms with E-state index in [0.29, 0.717) is 5.52 Å². The molecule has 1 heterocycles. The fourth-order valence-electron chi connectivity index (χ4n) is 2.35. The molecule has 2 N–H and O–H groups in total. The van der Waals surface area contributed by atoms with E-state index in [4.69, 9.17) is 0 Å². The highest BCUT2D eigenvalue weighted by atomic mass is 19.2. The maximum atomic E-state index is 13.1. The Labute approximate surface area is 129 Å². The first-order valence-electron chi connectivity index (χ1n) is 6.97. The van der Waals surface area contributed by atoms with Gasteiger partial charge in [-0.25, -0.2) is 13.6 Å². The van der Waals surface area contributed by atoms with E-state index in [2.05, 4.69) is 10.3 Å². The van der Waals surface area contributed by atoms with Gasteiger partial charge < -0.3 is 10.3 Å². The molecule has 3 rings (SSSR count). The van der Waals surface area contributed by atoms with E-state index in [-0.39, 0.29) is 24.3 Å². The van der Waals surface area contributed by atoms with Crippen LogP contribution in [-0.2, 0) is 6.54 Å². The molecule has 0 unspecified atom stereocenters. The molecule has 0 atom stereocenters. The number of imidazole rings is 1. The van der Waals surface area contributed by atoms with Crippen LogP contribution in [0.5, 0.6) is 0 Å². The van der Waals surface area contributed by atoms with Crippen LogP contribution in [0.3, 0.4) is 0 Å². The first-order chi connectivity index (χ1) is 11.1. The van der Waals surface area contributed by atoms with Crippen molar-refractivity contribution >= 4 is 16.9 Å². The zero-order valence-corrected chi connectivity index (χ0v) is 12.0. The van der Waals surface area contributed by atoms with Crippen LogP contribution in [0.1, 0.15) is 10.4 Å². The number of nitrogens with one attached hydrogen (secondary N) is 2. The molecule has 0 aliphatic rings. The number of rotatable bonds is 4. The van der Waals surface area contributed by atoms with Gasteiger partial charge in [0.2, 0.25) is 0 Å². The summed E-state index contributed by atoms with van der Waals surface area (Å²) in [4.78, 5) is 26.5. The molecule has 0 bridgehead atoms. The Morgan fingerprint density at radius 1 is 1.13 bits per heavy atom. The predicted molar refractivity (Wildman–Crippen MR) is 81.2 cm³/mol. The summed E-state index contributed by atoms with van der Waals surface area (Å²) in [5.74, 6) is -2.62. The van der Waals surface area contributed by atoms with Crippen molar-refractivity contribution in [2.24, 2.45) is 0 Å². The number of carbonyl (C=O) groups is 1. The van der Waals surface area contributed by atoms with Crippen molar-refractivity contribution in [1.29, 1.82) is 0 Å². The monoisotopic (exact) mass is 317 g/mol. The molecule has 0 spiro atoms. The number of aromatic amines is 1. The highest BCUT2D eigenvalue weighted by Gasteiger charge is 2.10. The van der Waals surface area contributed by atoms with E-state index in [0.717, 1.165) is 17.6 Å². The van der Waals surface area contributed by atoms with Crippen LogP contribution < -0.4 is 11.0 Å². The Kier molecular flexibility index (Phi) is 3.92. The maximum Gasteiger partial charge on any atom is 0.326 e. The number of H-pyrrole nitrogens is 1. The molecule has 7 heteroatoms. The van der Waals surface area contributed by atoms with E-state index in [1.807, 2.05) is 12.1 Å². The third-order valence-electron chi connectivity index (χ3n) is 3.48. The minimum Gasteiger partial charge on any atom is -0.350 e. The second-order valence-corrected chi connectivity index (χ2v) is 4.98. The van der Waals surface area contributed by atoms with Gasteiger partial charge >= 0.3 is 5.69 Å². The van der Waals surface area contributed by atoms with Crippen LogP contribution in [0.15, 0.2) is 47.3 Å². The van der Waals surface area contributed by atoms with Crippen LogP contribution in [0.25, 0.3) is 11.0 Å². The number of aromatic nitrogens is 2. The van der Waals surface area contributed by atoms with Gasteiger partial charge in [0.1, 0.15) is 0 Å². The lowest BCUT2D eigenvalue weighted by molar-refractivity contribution is 0.0951. The fourth-order valence-corrected chi connectivity index (χ4v) is 2.35. The normalized spacial score (nSPS) is 10.9. The van der Waals surface area contributed by atoms with Crippen molar-refractivity contribution in [2.45, 2.75) is 6.54 Å². The summed E-state index contributed by atoms with van der Waals surface area (Å²) in [7, 11) is 0. The minimum atomic E-state index is -1.08. The highest BCUT2D eigenvalue weighted by molar-refractivity contribution is 5.94. The van der Waals surface area contributed by atoms with Gasteiger partial charge in [0.15, 0.2) is 11.6 Å². The van der Waals surface area contributed by atoms with E-state index < -0.39 is 17.5 Å². The average molecular weight is 317 g/mol. The molecular formula is C16H13F2N3O2. The molecule has 0 aliphatic carbocycles. The summed E-state index contributed by atoms with van der Waals surface area (Å²) in [5, 5.41) is 2.57. The molecule has 0 saturated heterocycles. The molecule has 0 radical (unpaired) electrons. The highest BCUT2D eigenvalue weighted by Crippen LogP contribution is 2.09. The molecule has 1 aromatic heterocycles. The summed E-state index contributed by atoms with van der Waals surface area (Å²) in [6.45, 7) is 0.442. The molecule has 0 saturated carbocycles. The third kappa shape index (κ3) is 2.98. The Hall–Kier alpha value is -2.96. The van der Waals surface area contributed by atoms with E-state index in [1.54, 1.807) is 12.1 Å². The van der Waals surface area contributed by atoms with Crippen molar-refractivity contribution in [3.05, 3.63) is 70.1 Å². The summed E-state index contributed by atoms with van der Waals surface area (Å²) >= 11 is 0. The zero-order chi connectivity index (χ0) is 16.4. The van der Waals surface area contributed by atoms with Crippen LogP contribution in [-0.4, -0.2) is 22.0 Å². The second kappa shape index (κ2) is 6.04. The smallest absolute Gasteiger partial charge is 0.326 e. The molecule has 0 aliphatic heterocycles. The van der Waals surface area contributed by atoms with Crippen molar-refractivity contribution in [3.8, 4) is 0 Å². The van der Waals surface area contributed by atoms with Crippen LogP contribution in [0.4, 0.5) is 8.78 Å². The fraction of sp³-hybridized carbons (Fsp3) is 0.125. The molecular weight excluding hydrogens is 304 g/mol. The van der Waals surface area contributed by atoms with Crippen LogP contribution in [0, 0.1) is 11.6 Å². The van der Waals surface area contributed by atoms with Crippen LogP contribution in [0.2, 0.25) is 0 Å². The van der Waals surface area contributed by atoms with Gasteiger partial charge in [-0.2, -0.15) is 0 Å². The molecule has 3 aromatic rings. The third-order valence-corrected chi connectivity index (χ3v) is 3.48. The summed E-state index contributed by atoms with van der Waals surface area (Å²) in [6, 6.07) is 10.1. The van der Waals surface area contributed by atoms with Gasteiger partial charge in [0.25, 0.3) is 5.91 Å². The number of hydrogen-bond acceptors (Lipinski definition) is 2. The van der Waals surface area contributed by atoms with E-state index in [1.165, 1.54) is 10.6 Å². The van der Waals surface area contributed by atoms with Gasteiger partial charge in [-0.15, -0.1) is 0 Å². The maximum absolute atomic E-state index is 13.1. The van der Waals surface area contributed by atoms with Gasteiger partial charge in [-0.3, -0.25) is 9.36 Å². The average Bonchev–Trinajstić information content (AvgIpc) is 2.86. The lowest BCUT2D eigenvalue weighted by Crippen LogP contribution is -2.30. The number of halogens is 2. The second-order valence-electron chi connectivity index (χ2n) is 4.98. The van der Waals surface area contributed by atoms with Crippen molar-refractivity contribution in [2.75, 3.05) is 6.54 Å². The van der Waals surface area contributed by atoms with Crippen molar-refractivity contribution < 1.29 is 13.6 Å². The van der Waals surface area contributed by atoms with Crippen LogP contribution >= 0.6 is 0 Å². The molecule has 23 heavy (non-hydrogen) atoms. The molecule has 2 aromatic carbocycles. The SMILES string of the molecule is O=C(NCCn1c(=O)[nH]c2ccccc21)c1ccc(F)c(F)c1. The Morgan fingerprint density at radius 2 is 1.91 bits per heavy atom. The van der Waals surface area contributed by atoms with Gasteiger partial charge in [-0.05, 0) is 30.3 Å². The van der Waals surface area contributed by atoms with E-state index >= 15 is 0 Å². The number of carbonyl (C=O) groups excluding carboxylic acids is 1. The molecule has 1 amide bonds. The summed E-state index contributed by atoms with van der Waals surface area (Å²) in [6.07, 6.45) is 0. The van der Waals surface area contributed by atoms with Gasteiger partial charge in [0, 0.05) is 18.7 Å². The number of hydrogen-bond donors (Lipinski definition) is 2. The predicted octanol–water partition coefficient (Wildman–Crippen LogP) is 2.04. The molecule has 118 valence electrons. The van der Waals surface area contributed by atoms with Crippen molar-refractivity contribution in [1.82, 2.24) is 14.9 Å². The first-order valence-corrected chi connectivity index (χ1v) is 6.97. The summed E-state index contributed by atoms with van der Waals surface area (Å²) in [5.41, 5.74) is 1.20. The topological polar surface area (TPSA) is 66.9 Å². The van der Waals surface area contributed by atoms with E-state index in [9.17, 15) is 18.4 Å². The lowest BCUT2D eigenvalue weighted by Gasteiger charge is -2.07. The Bertz CT molecular complexity index is 930. The number of amides is 1. The molecule has 5 nitrogen and oxygen atoms in total. The Balaban J connectivity index is 1.69.